The van der Waals surface area contributed by atoms with Crippen LogP contribution in [0.4, 0.5) is 5.69 Å². The molecule has 0 aliphatic heterocycles. The van der Waals surface area contributed by atoms with Gasteiger partial charge >= 0.3 is 0 Å². The quantitative estimate of drug-likeness (QED) is 0.169. The highest BCUT2D eigenvalue weighted by Crippen LogP contribution is 2.21. The Morgan fingerprint density at radius 1 is 1.06 bits per heavy atom. The maximum absolute atomic E-state index is 12.8. The first kappa shape index (κ1) is 23.3. The minimum absolute atomic E-state index is 0.00950. The van der Waals surface area contributed by atoms with Crippen molar-refractivity contribution in [2.45, 2.75) is 6.92 Å². The van der Waals surface area contributed by atoms with Crippen molar-refractivity contribution in [3.05, 3.63) is 116 Å². The second-order valence-electron chi connectivity index (χ2n) is 6.73. The number of benzene rings is 2. The molecule has 0 spiro atoms. The normalized spacial score (nSPS) is 11.9. The van der Waals surface area contributed by atoms with Crippen molar-refractivity contribution >= 4 is 40.6 Å². The predicted molar refractivity (Wildman–Crippen MR) is 129 cm³/mol. The third-order valence-electron chi connectivity index (χ3n) is 4.36. The summed E-state index contributed by atoms with van der Waals surface area (Å²) in [6, 6.07) is 19.4. The summed E-state index contributed by atoms with van der Waals surface area (Å²) in [6.07, 6.45) is 4.92. The van der Waals surface area contributed by atoms with Crippen LogP contribution >= 0.6 is 11.3 Å². The Balaban J connectivity index is 1.78. The van der Waals surface area contributed by atoms with Gasteiger partial charge in [-0.3, -0.25) is 19.7 Å². The highest BCUT2D eigenvalue weighted by molar-refractivity contribution is 7.12. The number of thiophene rings is 1. The molecule has 2 N–H and O–H groups in total. The van der Waals surface area contributed by atoms with Crippen molar-refractivity contribution in [2.24, 2.45) is 5.10 Å². The van der Waals surface area contributed by atoms with Crippen molar-refractivity contribution in [2.75, 3.05) is 0 Å². The van der Waals surface area contributed by atoms with Crippen molar-refractivity contribution in [1.82, 2.24) is 10.7 Å². The average Bonchev–Trinajstić information content (AvgIpc) is 3.34. The monoisotopic (exact) mass is 460 g/mol. The van der Waals surface area contributed by atoms with Gasteiger partial charge in [-0.15, -0.1) is 11.3 Å². The lowest BCUT2D eigenvalue weighted by Crippen LogP contribution is -2.33. The van der Waals surface area contributed by atoms with Gasteiger partial charge in [0, 0.05) is 11.6 Å². The Morgan fingerprint density at radius 3 is 2.36 bits per heavy atom. The van der Waals surface area contributed by atoms with Crippen LogP contribution in [0.15, 0.2) is 95.1 Å². The number of carbonyl (C=O) groups excluding carboxylic acids is 2. The van der Waals surface area contributed by atoms with Gasteiger partial charge in [0.25, 0.3) is 17.5 Å². The predicted octanol–water partition coefficient (Wildman–Crippen LogP) is 4.52. The van der Waals surface area contributed by atoms with Crippen LogP contribution in [0.5, 0.6) is 0 Å². The van der Waals surface area contributed by atoms with Gasteiger partial charge in [0.05, 0.1) is 20.9 Å². The van der Waals surface area contributed by atoms with E-state index in [1.165, 1.54) is 17.5 Å². The second-order valence-corrected chi connectivity index (χ2v) is 7.65. The van der Waals surface area contributed by atoms with Crippen LogP contribution in [-0.2, 0) is 4.79 Å². The molecule has 0 atom stereocenters. The van der Waals surface area contributed by atoms with Gasteiger partial charge in [-0.2, -0.15) is 5.10 Å². The third kappa shape index (κ3) is 6.81. The summed E-state index contributed by atoms with van der Waals surface area (Å²) < 4.78 is 0. The molecule has 33 heavy (non-hydrogen) atoms. The second kappa shape index (κ2) is 11.3. The fourth-order valence-electron chi connectivity index (χ4n) is 2.64. The van der Waals surface area contributed by atoms with Gasteiger partial charge in [0.2, 0.25) is 0 Å². The molecule has 2 aromatic carbocycles. The maximum atomic E-state index is 12.8. The van der Waals surface area contributed by atoms with Crippen molar-refractivity contribution in [3.63, 3.8) is 0 Å². The molecular weight excluding hydrogens is 440 g/mol. The summed E-state index contributed by atoms with van der Waals surface area (Å²) in [5.41, 5.74) is 4.06. The number of rotatable bonds is 8. The summed E-state index contributed by atoms with van der Waals surface area (Å²) in [6.45, 7) is 1.62. The lowest BCUT2D eigenvalue weighted by atomic mass is 10.2. The number of allylic oxidation sites excluding steroid dienone is 2. The molecule has 0 unspecified atom stereocenters. The Hall–Kier alpha value is -4.37. The van der Waals surface area contributed by atoms with Gasteiger partial charge < -0.3 is 5.32 Å². The van der Waals surface area contributed by atoms with Crippen LogP contribution in [0.2, 0.25) is 0 Å². The van der Waals surface area contributed by atoms with Crippen LogP contribution in [0.3, 0.4) is 0 Å². The Bertz CT molecular complexity index is 1230. The molecule has 3 rings (SSSR count). The van der Waals surface area contributed by atoms with Crippen LogP contribution in [0.25, 0.3) is 6.08 Å². The first-order chi connectivity index (χ1) is 15.9. The summed E-state index contributed by atoms with van der Waals surface area (Å²) in [7, 11) is 0. The van der Waals surface area contributed by atoms with Crippen molar-refractivity contribution < 1.29 is 14.5 Å². The number of hydrogen-bond acceptors (Lipinski definition) is 6. The number of amides is 2. The van der Waals surface area contributed by atoms with E-state index in [9.17, 15) is 19.7 Å². The van der Waals surface area contributed by atoms with E-state index in [0.29, 0.717) is 16.2 Å². The highest BCUT2D eigenvalue weighted by Gasteiger charge is 2.15. The largest absolute Gasteiger partial charge is 0.317 e. The van der Waals surface area contributed by atoms with E-state index in [1.807, 2.05) is 30.3 Å². The minimum Gasteiger partial charge on any atom is -0.317 e. The summed E-state index contributed by atoms with van der Waals surface area (Å²) >= 11 is 1.15. The minimum atomic E-state index is -0.637. The van der Waals surface area contributed by atoms with E-state index >= 15 is 0 Å². The van der Waals surface area contributed by atoms with E-state index in [0.717, 1.165) is 16.9 Å². The molecule has 0 radical (unpaired) electrons. The van der Waals surface area contributed by atoms with Crippen LogP contribution in [0, 0.1) is 10.1 Å². The van der Waals surface area contributed by atoms with E-state index in [2.05, 4.69) is 15.8 Å². The zero-order valence-electron chi connectivity index (χ0n) is 17.6. The maximum Gasteiger partial charge on any atom is 0.287 e. The fraction of sp³-hybridized carbons (Fsp3) is 0.0417. The SMILES string of the molecule is CC(=NNC(=O)/C(=C/C=C/c1ccccc1)NC(=O)c1ccccc1)c1cc([N+](=O)[O-])cs1. The lowest BCUT2D eigenvalue weighted by molar-refractivity contribution is -0.384. The number of nitro groups is 1. The molecule has 3 aromatic rings. The number of hydrazone groups is 1. The Kier molecular flexibility index (Phi) is 7.98. The molecule has 0 bridgehead atoms. The van der Waals surface area contributed by atoms with Crippen molar-refractivity contribution in [1.29, 1.82) is 0 Å². The number of nitrogens with one attached hydrogen (secondary N) is 2. The first-order valence-corrected chi connectivity index (χ1v) is 10.7. The summed E-state index contributed by atoms with van der Waals surface area (Å²) in [5, 5.41) is 18.9. The van der Waals surface area contributed by atoms with E-state index in [4.69, 9.17) is 0 Å². The molecule has 0 aliphatic carbocycles. The Labute approximate surface area is 194 Å². The van der Waals surface area contributed by atoms with Gasteiger partial charge in [0.1, 0.15) is 5.70 Å². The van der Waals surface area contributed by atoms with E-state index in [-0.39, 0.29) is 11.4 Å². The molecule has 1 aromatic heterocycles. The van der Waals surface area contributed by atoms with Crippen LogP contribution in [0.1, 0.15) is 27.7 Å². The highest BCUT2D eigenvalue weighted by atomic mass is 32.1. The molecular formula is C24H20N4O4S. The summed E-state index contributed by atoms with van der Waals surface area (Å²) in [5.74, 6) is -1.08. The molecule has 0 saturated carbocycles. The molecule has 1 heterocycles. The van der Waals surface area contributed by atoms with E-state index < -0.39 is 16.7 Å². The average molecular weight is 461 g/mol. The van der Waals surface area contributed by atoms with E-state index in [1.54, 1.807) is 49.4 Å². The fourth-order valence-corrected chi connectivity index (χ4v) is 3.45. The number of carbonyl (C=O) groups is 2. The van der Waals surface area contributed by atoms with Gasteiger partial charge in [-0.25, -0.2) is 5.43 Å². The van der Waals surface area contributed by atoms with Crippen molar-refractivity contribution in [3.8, 4) is 0 Å². The molecule has 2 amide bonds. The zero-order valence-corrected chi connectivity index (χ0v) is 18.4. The summed E-state index contributed by atoms with van der Waals surface area (Å²) in [4.78, 5) is 36.2. The number of hydrogen-bond donors (Lipinski definition) is 2. The third-order valence-corrected chi connectivity index (χ3v) is 5.38. The smallest absolute Gasteiger partial charge is 0.287 e. The molecule has 8 nitrogen and oxygen atoms in total. The molecule has 0 aliphatic rings. The first-order valence-electron chi connectivity index (χ1n) is 9.82. The topological polar surface area (TPSA) is 114 Å². The molecule has 0 saturated heterocycles. The van der Waals surface area contributed by atoms with Crippen LogP contribution < -0.4 is 10.7 Å². The molecule has 166 valence electrons. The van der Waals surface area contributed by atoms with Gasteiger partial charge in [-0.05, 0) is 30.7 Å². The van der Waals surface area contributed by atoms with Gasteiger partial charge in [0.15, 0.2) is 0 Å². The van der Waals surface area contributed by atoms with Crippen LogP contribution in [-0.4, -0.2) is 22.4 Å². The zero-order chi connectivity index (χ0) is 23.6. The molecule has 9 heteroatoms. The lowest BCUT2D eigenvalue weighted by Gasteiger charge is -2.08. The Morgan fingerprint density at radius 2 is 1.73 bits per heavy atom. The standard InChI is InChI=1S/C24H20N4O4S/c1-17(22-15-20(16-33-22)28(31)32)26-27-24(30)21(14-8-11-18-9-4-2-5-10-18)25-23(29)19-12-6-3-7-13-19/h2-16H,1H3,(H,25,29)(H,27,30)/b11-8+,21-14-,26-17?. The number of nitrogens with zero attached hydrogens (tertiary/aromatic N) is 2. The molecule has 0 fully saturated rings. The van der Waals surface area contributed by atoms with Gasteiger partial charge in [-0.1, -0.05) is 60.7 Å².